The summed E-state index contributed by atoms with van der Waals surface area (Å²) < 4.78 is 1.39. The van der Waals surface area contributed by atoms with Crippen LogP contribution >= 0.6 is 23.7 Å². The van der Waals surface area contributed by atoms with Crippen LogP contribution in [0.25, 0.3) is 10.2 Å². The highest BCUT2D eigenvalue weighted by molar-refractivity contribution is 7.16. The van der Waals surface area contributed by atoms with Crippen molar-refractivity contribution < 1.29 is 4.79 Å². The van der Waals surface area contributed by atoms with Crippen LogP contribution in [0.1, 0.15) is 6.92 Å². The monoisotopic (exact) mass is 328 g/mol. The minimum Gasteiger partial charge on any atom is -0.336 e. The zero-order valence-corrected chi connectivity index (χ0v) is 13.2. The Morgan fingerprint density at radius 1 is 1.57 bits per heavy atom. The van der Waals surface area contributed by atoms with Crippen LogP contribution in [0, 0.1) is 0 Å². The van der Waals surface area contributed by atoms with Crippen LogP contribution in [-0.4, -0.2) is 46.0 Å². The Morgan fingerprint density at radius 3 is 3.14 bits per heavy atom. The molecule has 0 spiro atoms. The van der Waals surface area contributed by atoms with E-state index < -0.39 is 0 Å². The Labute approximate surface area is 132 Å². The van der Waals surface area contributed by atoms with Crippen LogP contribution < -0.4 is 10.9 Å². The van der Waals surface area contributed by atoms with Crippen LogP contribution in [0.5, 0.6) is 0 Å². The van der Waals surface area contributed by atoms with Gasteiger partial charge >= 0.3 is 0 Å². The molecule has 1 aliphatic heterocycles. The number of hydrogen-bond donors (Lipinski definition) is 1. The molecule has 2 aromatic heterocycles. The van der Waals surface area contributed by atoms with Crippen molar-refractivity contribution in [3.8, 4) is 0 Å². The predicted octanol–water partition coefficient (Wildman–Crippen LogP) is 0.700. The van der Waals surface area contributed by atoms with E-state index in [0.717, 1.165) is 13.1 Å². The maximum Gasteiger partial charge on any atom is 0.262 e. The molecule has 0 aliphatic carbocycles. The standard InChI is InChI=1S/C13H16N4O2S.ClH/c1-9-6-14-3-4-17(9)11(18)7-16-8-15-12-10(13(16)19)2-5-20-12;/h2,5,8-9,14H,3-4,6-7H2,1H3;1H/t9-;/m0./s1. The van der Waals surface area contributed by atoms with Crippen LogP contribution in [0.2, 0.25) is 0 Å². The first-order valence-corrected chi connectivity index (χ1v) is 7.47. The quantitative estimate of drug-likeness (QED) is 0.881. The molecule has 6 nitrogen and oxygen atoms in total. The number of carbonyl (C=O) groups excluding carboxylic acids is 1. The normalized spacial score (nSPS) is 18.5. The van der Waals surface area contributed by atoms with Gasteiger partial charge in [-0.2, -0.15) is 0 Å². The molecule has 1 amide bonds. The number of halogens is 1. The molecule has 1 aliphatic rings. The summed E-state index contributed by atoms with van der Waals surface area (Å²) in [5.74, 6) is -0.0301. The number of fused-ring (bicyclic) bond motifs is 1. The van der Waals surface area contributed by atoms with Gasteiger partial charge in [0.25, 0.3) is 5.56 Å². The maximum absolute atomic E-state index is 12.3. The summed E-state index contributed by atoms with van der Waals surface area (Å²) in [5.41, 5.74) is -0.146. The topological polar surface area (TPSA) is 67.2 Å². The van der Waals surface area contributed by atoms with Gasteiger partial charge in [-0.1, -0.05) is 0 Å². The lowest BCUT2D eigenvalue weighted by atomic mass is 10.2. The van der Waals surface area contributed by atoms with Crippen molar-refractivity contribution >= 4 is 39.9 Å². The third-order valence-corrected chi connectivity index (χ3v) is 4.40. The molecule has 0 saturated carbocycles. The molecule has 0 radical (unpaired) electrons. The molecule has 1 fully saturated rings. The molecule has 3 rings (SSSR count). The van der Waals surface area contributed by atoms with Crippen molar-refractivity contribution in [2.75, 3.05) is 19.6 Å². The lowest BCUT2D eigenvalue weighted by molar-refractivity contribution is -0.134. The van der Waals surface area contributed by atoms with Gasteiger partial charge in [-0.05, 0) is 18.4 Å². The third-order valence-electron chi connectivity index (χ3n) is 3.58. The summed E-state index contributed by atoms with van der Waals surface area (Å²) in [6.45, 7) is 4.34. The molecule has 114 valence electrons. The van der Waals surface area contributed by atoms with Crippen molar-refractivity contribution in [1.82, 2.24) is 19.8 Å². The van der Waals surface area contributed by atoms with Gasteiger partial charge in [0, 0.05) is 25.7 Å². The Balaban J connectivity index is 0.00000161. The first kappa shape index (κ1) is 15.9. The minimum absolute atomic E-state index is 0. The third kappa shape index (κ3) is 3.09. The molecule has 0 bridgehead atoms. The van der Waals surface area contributed by atoms with E-state index in [9.17, 15) is 9.59 Å². The zero-order valence-electron chi connectivity index (χ0n) is 11.6. The van der Waals surface area contributed by atoms with Crippen molar-refractivity contribution in [3.05, 3.63) is 28.1 Å². The summed E-state index contributed by atoms with van der Waals surface area (Å²) in [4.78, 5) is 31.3. The fraction of sp³-hybridized carbons (Fsp3) is 0.462. The number of piperazine rings is 1. The number of nitrogens with zero attached hydrogens (tertiary/aromatic N) is 3. The Hall–Kier alpha value is -1.44. The summed E-state index contributed by atoms with van der Waals surface area (Å²) in [6.07, 6.45) is 1.46. The van der Waals surface area contributed by atoms with Crippen LogP contribution in [0.15, 0.2) is 22.6 Å². The van der Waals surface area contributed by atoms with Gasteiger partial charge in [-0.15, -0.1) is 23.7 Å². The number of nitrogens with one attached hydrogen (secondary N) is 1. The second kappa shape index (κ2) is 6.55. The second-order valence-corrected chi connectivity index (χ2v) is 5.85. The summed E-state index contributed by atoms with van der Waals surface area (Å²) in [5, 5.41) is 5.66. The lowest BCUT2D eigenvalue weighted by Crippen LogP contribution is -2.53. The van der Waals surface area contributed by atoms with E-state index in [2.05, 4.69) is 10.3 Å². The van der Waals surface area contributed by atoms with Gasteiger partial charge in [-0.25, -0.2) is 4.98 Å². The Kier molecular flexibility index (Phi) is 4.97. The van der Waals surface area contributed by atoms with Gasteiger partial charge < -0.3 is 10.2 Å². The molecule has 8 heteroatoms. The fourth-order valence-electron chi connectivity index (χ4n) is 2.45. The highest BCUT2D eigenvalue weighted by Gasteiger charge is 2.23. The summed E-state index contributed by atoms with van der Waals surface area (Å²) >= 11 is 1.43. The van der Waals surface area contributed by atoms with E-state index in [1.807, 2.05) is 17.2 Å². The summed E-state index contributed by atoms with van der Waals surface area (Å²) in [7, 11) is 0. The minimum atomic E-state index is -0.146. The average molecular weight is 329 g/mol. The van der Waals surface area contributed by atoms with E-state index >= 15 is 0 Å². The highest BCUT2D eigenvalue weighted by Crippen LogP contribution is 2.13. The van der Waals surface area contributed by atoms with E-state index in [4.69, 9.17) is 0 Å². The number of rotatable bonds is 2. The molecule has 0 unspecified atom stereocenters. The number of hydrogen-bond acceptors (Lipinski definition) is 5. The predicted molar refractivity (Wildman–Crippen MR) is 85.2 cm³/mol. The molecule has 1 N–H and O–H groups in total. The second-order valence-electron chi connectivity index (χ2n) is 4.96. The van der Waals surface area contributed by atoms with Crippen molar-refractivity contribution in [2.24, 2.45) is 0 Å². The van der Waals surface area contributed by atoms with Gasteiger partial charge in [0.2, 0.25) is 5.91 Å². The Bertz CT molecular complexity index is 699. The molecule has 21 heavy (non-hydrogen) atoms. The molecule has 0 aromatic carbocycles. The van der Waals surface area contributed by atoms with E-state index in [1.54, 1.807) is 6.07 Å². The van der Waals surface area contributed by atoms with Gasteiger partial charge in [0.05, 0.1) is 11.7 Å². The van der Waals surface area contributed by atoms with Gasteiger partial charge in [0.15, 0.2) is 0 Å². The van der Waals surface area contributed by atoms with Gasteiger partial charge in [0.1, 0.15) is 11.4 Å². The lowest BCUT2D eigenvalue weighted by Gasteiger charge is -2.34. The van der Waals surface area contributed by atoms with Crippen LogP contribution in [0.3, 0.4) is 0 Å². The highest BCUT2D eigenvalue weighted by atomic mass is 35.5. The molecule has 1 saturated heterocycles. The number of aromatic nitrogens is 2. The molecular weight excluding hydrogens is 312 g/mol. The number of thiophene rings is 1. The first-order valence-electron chi connectivity index (χ1n) is 6.59. The van der Waals surface area contributed by atoms with Gasteiger partial charge in [-0.3, -0.25) is 14.2 Å². The van der Waals surface area contributed by atoms with Crippen molar-refractivity contribution in [1.29, 1.82) is 0 Å². The molecule has 2 aromatic rings. The van der Waals surface area contributed by atoms with Crippen molar-refractivity contribution in [3.63, 3.8) is 0 Å². The van der Waals surface area contributed by atoms with Crippen LogP contribution in [0.4, 0.5) is 0 Å². The Morgan fingerprint density at radius 2 is 2.38 bits per heavy atom. The zero-order chi connectivity index (χ0) is 14.1. The van der Waals surface area contributed by atoms with E-state index in [0.29, 0.717) is 16.8 Å². The summed E-state index contributed by atoms with van der Waals surface area (Å²) in [6, 6.07) is 1.91. The van der Waals surface area contributed by atoms with Crippen LogP contribution in [-0.2, 0) is 11.3 Å². The fourth-order valence-corrected chi connectivity index (χ4v) is 3.18. The molecule has 1 atom stereocenters. The SMILES string of the molecule is C[C@H]1CNCCN1C(=O)Cn1cnc2sccc2c1=O.Cl. The van der Waals surface area contributed by atoms with Crippen molar-refractivity contribution in [2.45, 2.75) is 19.5 Å². The number of amides is 1. The smallest absolute Gasteiger partial charge is 0.262 e. The van der Waals surface area contributed by atoms with E-state index in [1.165, 1.54) is 22.2 Å². The average Bonchev–Trinajstić information content (AvgIpc) is 2.91. The number of carbonyl (C=O) groups is 1. The largest absolute Gasteiger partial charge is 0.336 e. The molecular formula is C13H17ClN4O2S. The molecule has 3 heterocycles. The first-order chi connectivity index (χ1) is 9.66. The van der Waals surface area contributed by atoms with E-state index in [-0.39, 0.29) is 36.5 Å². The maximum atomic E-state index is 12.3.